The van der Waals surface area contributed by atoms with Crippen molar-refractivity contribution in [2.24, 2.45) is 0 Å². The lowest BCUT2D eigenvalue weighted by atomic mass is 10.00. The average Bonchev–Trinajstić information content (AvgIpc) is 2.55. The topological polar surface area (TPSA) is 83.9 Å². The number of rotatable bonds is 6. The number of piperidine rings is 1. The van der Waals surface area contributed by atoms with Crippen molar-refractivity contribution in [2.75, 3.05) is 26.0 Å². The molecule has 0 bridgehead atoms. The minimum absolute atomic E-state index is 0.153. The second-order valence-electron chi connectivity index (χ2n) is 5.73. The van der Waals surface area contributed by atoms with E-state index in [1.165, 1.54) is 7.11 Å². The van der Waals surface area contributed by atoms with Gasteiger partial charge in [0.05, 0.1) is 30.3 Å². The largest absolute Gasteiger partial charge is 0.469 e. The fraction of sp³-hybridized carbons (Fsp3) is 0.562. The molecule has 1 N–H and O–H groups in total. The van der Waals surface area contributed by atoms with E-state index in [0.717, 1.165) is 6.42 Å². The van der Waals surface area contributed by atoms with Crippen LogP contribution in [0.5, 0.6) is 0 Å². The van der Waals surface area contributed by atoms with Crippen LogP contribution in [0.1, 0.15) is 19.3 Å². The zero-order valence-corrected chi connectivity index (χ0v) is 14.0. The van der Waals surface area contributed by atoms with E-state index in [1.807, 2.05) is 4.90 Å². The molecule has 2 atom stereocenters. The van der Waals surface area contributed by atoms with Crippen LogP contribution in [0.4, 0.5) is 0 Å². The molecule has 0 amide bonds. The number of likely N-dealkylation sites (tertiary alicyclic amines) is 1. The van der Waals surface area contributed by atoms with Crippen LogP contribution in [0, 0.1) is 0 Å². The smallest absolute Gasteiger partial charge is 0.306 e. The number of carbonyl (C=O) groups is 1. The Morgan fingerprint density at radius 3 is 2.70 bits per heavy atom. The van der Waals surface area contributed by atoms with Crippen molar-refractivity contribution in [3.05, 3.63) is 30.3 Å². The van der Waals surface area contributed by atoms with Crippen molar-refractivity contribution < 1.29 is 23.1 Å². The van der Waals surface area contributed by atoms with Gasteiger partial charge >= 0.3 is 5.97 Å². The summed E-state index contributed by atoms with van der Waals surface area (Å²) in [6.07, 6.45) is 0.832. The summed E-state index contributed by atoms with van der Waals surface area (Å²) >= 11 is 0. The van der Waals surface area contributed by atoms with Crippen LogP contribution in [0.2, 0.25) is 0 Å². The van der Waals surface area contributed by atoms with Gasteiger partial charge in [0.1, 0.15) is 0 Å². The van der Waals surface area contributed by atoms with Crippen LogP contribution in [-0.2, 0) is 19.4 Å². The summed E-state index contributed by atoms with van der Waals surface area (Å²) in [6, 6.07) is 7.74. The maximum absolute atomic E-state index is 12.6. The highest BCUT2D eigenvalue weighted by Crippen LogP contribution is 2.22. The minimum atomic E-state index is -3.49. The molecule has 1 aliphatic rings. The van der Waals surface area contributed by atoms with Crippen molar-refractivity contribution in [1.29, 1.82) is 0 Å². The number of aliphatic hydroxyl groups excluding tert-OH is 1. The van der Waals surface area contributed by atoms with Crippen LogP contribution < -0.4 is 0 Å². The van der Waals surface area contributed by atoms with Gasteiger partial charge in [0, 0.05) is 12.6 Å². The lowest BCUT2D eigenvalue weighted by Gasteiger charge is -2.38. The Kier molecular flexibility index (Phi) is 6.15. The van der Waals surface area contributed by atoms with Crippen LogP contribution in [0.25, 0.3) is 0 Å². The van der Waals surface area contributed by atoms with Gasteiger partial charge in [-0.3, -0.25) is 9.69 Å². The van der Waals surface area contributed by atoms with Crippen molar-refractivity contribution in [3.63, 3.8) is 0 Å². The van der Waals surface area contributed by atoms with Crippen LogP contribution in [-0.4, -0.2) is 62.5 Å². The fourth-order valence-corrected chi connectivity index (χ4v) is 4.53. The highest BCUT2D eigenvalue weighted by atomic mass is 32.2. The van der Waals surface area contributed by atoms with Crippen LogP contribution in [0.3, 0.4) is 0 Å². The summed E-state index contributed by atoms with van der Waals surface area (Å²) in [5.41, 5.74) is 0. The Hall–Kier alpha value is -1.44. The number of hydrogen-bond donors (Lipinski definition) is 1. The lowest BCUT2D eigenvalue weighted by Crippen LogP contribution is -2.52. The molecule has 0 spiro atoms. The summed E-state index contributed by atoms with van der Waals surface area (Å²) in [5, 5.41) is 10.2. The molecule has 1 aromatic carbocycles. The molecule has 0 aromatic heterocycles. The Bertz CT molecular complexity index is 617. The fourth-order valence-electron chi connectivity index (χ4n) is 2.89. The monoisotopic (exact) mass is 341 g/mol. The van der Waals surface area contributed by atoms with Crippen molar-refractivity contribution in [1.82, 2.24) is 4.90 Å². The Morgan fingerprint density at radius 1 is 1.35 bits per heavy atom. The van der Waals surface area contributed by atoms with Crippen molar-refractivity contribution in [2.45, 2.75) is 36.3 Å². The molecule has 7 heteroatoms. The number of benzene rings is 1. The van der Waals surface area contributed by atoms with E-state index in [1.54, 1.807) is 30.3 Å². The van der Waals surface area contributed by atoms with E-state index in [2.05, 4.69) is 4.74 Å². The third-order valence-corrected chi connectivity index (χ3v) is 5.95. The zero-order chi connectivity index (χ0) is 16.9. The summed E-state index contributed by atoms with van der Waals surface area (Å²) < 4.78 is 29.7. The summed E-state index contributed by atoms with van der Waals surface area (Å²) in [7, 11) is -2.16. The van der Waals surface area contributed by atoms with E-state index < -0.39 is 22.0 Å². The van der Waals surface area contributed by atoms with Gasteiger partial charge in [-0.1, -0.05) is 18.2 Å². The quantitative estimate of drug-likeness (QED) is 0.772. The summed E-state index contributed by atoms with van der Waals surface area (Å²) in [6.45, 7) is 1.06. The third kappa shape index (κ3) is 4.76. The molecule has 0 radical (unpaired) electrons. The lowest BCUT2D eigenvalue weighted by molar-refractivity contribution is -0.141. The van der Waals surface area contributed by atoms with Crippen molar-refractivity contribution in [3.8, 4) is 0 Å². The number of ether oxygens (including phenoxy) is 1. The van der Waals surface area contributed by atoms with Gasteiger partial charge in [-0.15, -0.1) is 0 Å². The standard InChI is InChI=1S/C16H23NO5S/c1-22-16(19)9-11-17-10-5-8-15(18)14(17)12-23(20,21)13-6-3-2-4-7-13/h2-4,6-7,14-15,18H,5,8-12H2,1H3/t14-,15-/m1/s1. The molecule has 0 saturated carbocycles. The molecule has 1 aromatic rings. The van der Waals surface area contributed by atoms with Gasteiger partial charge in [-0.2, -0.15) is 0 Å². The number of aliphatic hydroxyl groups is 1. The second-order valence-corrected chi connectivity index (χ2v) is 7.77. The van der Waals surface area contributed by atoms with E-state index in [4.69, 9.17) is 0 Å². The molecule has 1 aliphatic heterocycles. The highest BCUT2D eigenvalue weighted by Gasteiger charge is 2.34. The summed E-state index contributed by atoms with van der Waals surface area (Å²) in [4.78, 5) is 13.5. The molecular formula is C16H23NO5S. The van der Waals surface area contributed by atoms with Gasteiger partial charge in [-0.05, 0) is 31.5 Å². The third-order valence-electron chi connectivity index (χ3n) is 4.18. The number of sulfone groups is 1. The molecule has 2 rings (SSSR count). The van der Waals surface area contributed by atoms with E-state index in [-0.39, 0.29) is 23.0 Å². The molecule has 1 saturated heterocycles. The van der Waals surface area contributed by atoms with Gasteiger partial charge in [0.15, 0.2) is 9.84 Å². The van der Waals surface area contributed by atoms with Gasteiger partial charge in [0.25, 0.3) is 0 Å². The molecular weight excluding hydrogens is 318 g/mol. The molecule has 6 nitrogen and oxygen atoms in total. The Balaban J connectivity index is 2.11. The first-order valence-electron chi connectivity index (χ1n) is 7.71. The normalized spacial score (nSPS) is 22.7. The first-order chi connectivity index (χ1) is 10.9. The SMILES string of the molecule is COC(=O)CCN1CCC[C@@H](O)[C@H]1CS(=O)(=O)c1ccccc1. The van der Waals surface area contributed by atoms with E-state index in [9.17, 15) is 18.3 Å². The molecule has 23 heavy (non-hydrogen) atoms. The maximum Gasteiger partial charge on any atom is 0.306 e. The number of carbonyl (C=O) groups excluding carboxylic acids is 1. The zero-order valence-electron chi connectivity index (χ0n) is 13.2. The molecule has 0 aliphatic carbocycles. The van der Waals surface area contributed by atoms with Gasteiger partial charge < -0.3 is 9.84 Å². The first-order valence-corrected chi connectivity index (χ1v) is 9.36. The highest BCUT2D eigenvalue weighted by molar-refractivity contribution is 7.91. The number of hydrogen-bond acceptors (Lipinski definition) is 6. The maximum atomic E-state index is 12.6. The Labute approximate surface area is 137 Å². The van der Waals surface area contributed by atoms with Gasteiger partial charge in [0.2, 0.25) is 0 Å². The van der Waals surface area contributed by atoms with E-state index >= 15 is 0 Å². The molecule has 1 fully saturated rings. The van der Waals surface area contributed by atoms with E-state index in [0.29, 0.717) is 19.5 Å². The first kappa shape index (κ1) is 17.9. The minimum Gasteiger partial charge on any atom is -0.469 e. The predicted molar refractivity (Wildman–Crippen MR) is 85.7 cm³/mol. The number of methoxy groups -OCH3 is 1. The number of esters is 1. The molecule has 0 unspecified atom stereocenters. The van der Waals surface area contributed by atoms with Gasteiger partial charge in [-0.25, -0.2) is 8.42 Å². The predicted octanol–water partition coefficient (Wildman–Crippen LogP) is 0.849. The van der Waals surface area contributed by atoms with Crippen LogP contribution in [0.15, 0.2) is 35.2 Å². The number of nitrogens with zero attached hydrogens (tertiary/aromatic N) is 1. The average molecular weight is 341 g/mol. The van der Waals surface area contributed by atoms with Crippen molar-refractivity contribution >= 4 is 15.8 Å². The summed E-state index contributed by atoms with van der Waals surface area (Å²) in [5.74, 6) is -0.492. The Morgan fingerprint density at radius 2 is 2.04 bits per heavy atom. The van der Waals surface area contributed by atoms with Crippen LogP contribution >= 0.6 is 0 Å². The second kappa shape index (κ2) is 7.90. The molecule has 128 valence electrons. The molecule has 1 heterocycles.